The van der Waals surface area contributed by atoms with E-state index in [1.807, 2.05) is 0 Å². The first-order chi connectivity index (χ1) is 7.90. The van der Waals surface area contributed by atoms with Crippen molar-refractivity contribution in [3.8, 4) is 0 Å². The summed E-state index contributed by atoms with van der Waals surface area (Å²) in [5.74, 6) is 1.06. The molecule has 7 heteroatoms. The summed E-state index contributed by atoms with van der Waals surface area (Å²) in [5.41, 5.74) is 5.45. The fourth-order valence-corrected chi connectivity index (χ4v) is 2.07. The Balaban J connectivity index is 2.46. The highest BCUT2D eigenvalue weighted by atomic mass is 32.2. The highest BCUT2D eigenvalue weighted by Crippen LogP contribution is 2.11. The third-order valence-electron chi connectivity index (χ3n) is 2.41. The van der Waals surface area contributed by atoms with Crippen LogP contribution in [-0.2, 0) is 22.0 Å². The summed E-state index contributed by atoms with van der Waals surface area (Å²) in [6.45, 7) is 2.78. The van der Waals surface area contributed by atoms with Crippen LogP contribution in [0.5, 0.6) is 0 Å². The van der Waals surface area contributed by atoms with Gasteiger partial charge in [-0.3, -0.25) is 0 Å². The van der Waals surface area contributed by atoms with Crippen LogP contribution >= 0.6 is 0 Å². The molecule has 1 rings (SSSR count). The van der Waals surface area contributed by atoms with Crippen LogP contribution in [0, 0.1) is 5.92 Å². The zero-order valence-corrected chi connectivity index (χ0v) is 11.0. The summed E-state index contributed by atoms with van der Waals surface area (Å²) < 4.78 is 27.0. The molecule has 98 valence electrons. The van der Waals surface area contributed by atoms with Gasteiger partial charge in [0.15, 0.2) is 15.7 Å². The van der Waals surface area contributed by atoms with E-state index in [2.05, 4.69) is 17.1 Å². The van der Waals surface area contributed by atoms with Crippen LogP contribution in [0.3, 0.4) is 0 Å². The van der Waals surface area contributed by atoms with E-state index in [1.165, 1.54) is 0 Å². The first-order valence-electron chi connectivity index (χ1n) is 5.60. The normalized spacial score (nSPS) is 13.8. The van der Waals surface area contributed by atoms with Gasteiger partial charge in [-0.25, -0.2) is 8.42 Å². The fraction of sp³-hybridized carbons (Fsp3) is 0.800. The van der Waals surface area contributed by atoms with E-state index >= 15 is 0 Å². The summed E-state index contributed by atoms with van der Waals surface area (Å²) in [6, 6.07) is 0. The second-order valence-corrected chi connectivity index (χ2v) is 6.54. The SMILES string of the molecule is CC(CCN)CCc1nc(CS(C)(=O)=O)no1. The molecule has 0 radical (unpaired) electrons. The molecule has 0 saturated heterocycles. The number of hydrogen-bond donors (Lipinski definition) is 1. The molecule has 0 aliphatic rings. The molecular formula is C10H19N3O3S. The Morgan fingerprint density at radius 2 is 2.12 bits per heavy atom. The van der Waals surface area contributed by atoms with E-state index in [4.69, 9.17) is 10.3 Å². The highest BCUT2D eigenvalue weighted by Gasteiger charge is 2.12. The summed E-state index contributed by atoms with van der Waals surface area (Å²) in [5, 5.41) is 3.64. The van der Waals surface area contributed by atoms with Crippen molar-refractivity contribution in [3.63, 3.8) is 0 Å². The van der Waals surface area contributed by atoms with Crippen LogP contribution in [-0.4, -0.2) is 31.4 Å². The first kappa shape index (κ1) is 14.1. The summed E-state index contributed by atoms with van der Waals surface area (Å²) in [7, 11) is -3.11. The van der Waals surface area contributed by atoms with Crippen LogP contribution in [0.4, 0.5) is 0 Å². The highest BCUT2D eigenvalue weighted by molar-refractivity contribution is 7.89. The van der Waals surface area contributed by atoms with E-state index in [-0.39, 0.29) is 11.6 Å². The number of rotatable bonds is 7. The van der Waals surface area contributed by atoms with Crippen LogP contribution in [0.2, 0.25) is 0 Å². The summed E-state index contributed by atoms with van der Waals surface area (Å²) in [6.07, 6.45) is 3.69. The molecule has 0 spiro atoms. The van der Waals surface area contributed by atoms with Crippen LogP contribution in [0.25, 0.3) is 0 Å². The standard InChI is InChI=1S/C10H19N3O3S/c1-8(5-6-11)3-4-10-12-9(13-16-10)7-17(2,14)15/h8H,3-7,11H2,1-2H3. The molecule has 17 heavy (non-hydrogen) atoms. The second kappa shape index (κ2) is 6.11. The van der Waals surface area contributed by atoms with E-state index in [9.17, 15) is 8.42 Å². The van der Waals surface area contributed by atoms with Crippen molar-refractivity contribution in [1.82, 2.24) is 10.1 Å². The van der Waals surface area contributed by atoms with Crippen LogP contribution in [0.1, 0.15) is 31.5 Å². The third kappa shape index (κ3) is 5.78. The quantitative estimate of drug-likeness (QED) is 0.768. The average Bonchev–Trinajstić information content (AvgIpc) is 2.60. The molecule has 0 fully saturated rings. The van der Waals surface area contributed by atoms with E-state index in [0.717, 1.165) is 19.1 Å². The number of sulfone groups is 1. The van der Waals surface area contributed by atoms with Gasteiger partial charge in [-0.15, -0.1) is 0 Å². The van der Waals surface area contributed by atoms with Crippen molar-refractivity contribution in [2.45, 2.75) is 31.9 Å². The summed E-state index contributed by atoms with van der Waals surface area (Å²) in [4.78, 5) is 4.04. The minimum absolute atomic E-state index is 0.172. The van der Waals surface area contributed by atoms with Gasteiger partial charge >= 0.3 is 0 Å². The molecule has 0 saturated carbocycles. The van der Waals surface area contributed by atoms with Gasteiger partial charge in [-0.1, -0.05) is 12.1 Å². The Bertz CT molecular complexity index is 441. The Labute approximate surface area is 102 Å². The van der Waals surface area contributed by atoms with E-state index < -0.39 is 9.84 Å². The van der Waals surface area contributed by atoms with Gasteiger partial charge in [-0.05, 0) is 25.3 Å². The maximum Gasteiger partial charge on any atom is 0.226 e. The van der Waals surface area contributed by atoms with Gasteiger partial charge in [0.25, 0.3) is 0 Å². The molecule has 1 aromatic heterocycles. The lowest BCUT2D eigenvalue weighted by atomic mass is 10.0. The minimum atomic E-state index is -3.11. The molecular weight excluding hydrogens is 242 g/mol. The largest absolute Gasteiger partial charge is 0.339 e. The predicted octanol–water partition coefficient (Wildman–Crippen LogP) is 0.532. The summed E-state index contributed by atoms with van der Waals surface area (Å²) >= 11 is 0. The van der Waals surface area contributed by atoms with Gasteiger partial charge in [0, 0.05) is 12.7 Å². The first-order valence-corrected chi connectivity index (χ1v) is 7.66. The topological polar surface area (TPSA) is 99.1 Å². The molecule has 1 atom stereocenters. The molecule has 1 heterocycles. The number of aromatic nitrogens is 2. The van der Waals surface area contributed by atoms with Crippen molar-refractivity contribution in [1.29, 1.82) is 0 Å². The van der Waals surface area contributed by atoms with E-state index in [0.29, 0.717) is 24.8 Å². The number of nitrogens with two attached hydrogens (primary N) is 1. The van der Waals surface area contributed by atoms with Crippen molar-refractivity contribution in [2.24, 2.45) is 11.7 Å². The van der Waals surface area contributed by atoms with Crippen LogP contribution in [0.15, 0.2) is 4.52 Å². The molecule has 0 aliphatic carbocycles. The smallest absolute Gasteiger partial charge is 0.226 e. The van der Waals surface area contributed by atoms with Gasteiger partial charge < -0.3 is 10.3 Å². The lowest BCUT2D eigenvalue weighted by Crippen LogP contribution is -2.06. The Morgan fingerprint density at radius 1 is 1.41 bits per heavy atom. The lowest BCUT2D eigenvalue weighted by molar-refractivity contribution is 0.359. The third-order valence-corrected chi connectivity index (χ3v) is 3.19. The van der Waals surface area contributed by atoms with Crippen LogP contribution < -0.4 is 5.73 Å². The predicted molar refractivity (Wildman–Crippen MR) is 64.0 cm³/mol. The van der Waals surface area contributed by atoms with Gasteiger partial charge in [0.1, 0.15) is 5.75 Å². The Morgan fingerprint density at radius 3 is 2.71 bits per heavy atom. The van der Waals surface area contributed by atoms with Gasteiger partial charge in [0.05, 0.1) is 0 Å². The zero-order chi connectivity index (χ0) is 12.9. The maximum atomic E-state index is 11.0. The molecule has 0 amide bonds. The monoisotopic (exact) mass is 261 g/mol. The van der Waals surface area contributed by atoms with Crippen molar-refractivity contribution in [3.05, 3.63) is 11.7 Å². The Kier molecular flexibility index (Phi) is 5.07. The minimum Gasteiger partial charge on any atom is -0.339 e. The lowest BCUT2D eigenvalue weighted by Gasteiger charge is -2.06. The van der Waals surface area contributed by atoms with Crippen molar-refractivity contribution in [2.75, 3.05) is 12.8 Å². The fourth-order valence-electron chi connectivity index (χ4n) is 1.48. The maximum absolute atomic E-state index is 11.0. The molecule has 2 N–H and O–H groups in total. The number of hydrogen-bond acceptors (Lipinski definition) is 6. The molecule has 1 aromatic rings. The van der Waals surface area contributed by atoms with Crippen molar-refractivity contribution < 1.29 is 12.9 Å². The zero-order valence-electron chi connectivity index (χ0n) is 10.2. The van der Waals surface area contributed by atoms with Gasteiger partial charge in [0.2, 0.25) is 5.89 Å². The molecule has 0 bridgehead atoms. The average molecular weight is 261 g/mol. The number of nitrogens with zero attached hydrogens (tertiary/aromatic N) is 2. The van der Waals surface area contributed by atoms with Crippen molar-refractivity contribution >= 4 is 9.84 Å². The van der Waals surface area contributed by atoms with Gasteiger partial charge in [-0.2, -0.15) is 4.98 Å². The van der Waals surface area contributed by atoms with E-state index in [1.54, 1.807) is 0 Å². The Hall–Kier alpha value is -0.950. The molecule has 6 nitrogen and oxygen atoms in total. The molecule has 0 aromatic carbocycles. The number of aryl methyl sites for hydroxylation is 1. The molecule has 0 aliphatic heterocycles. The second-order valence-electron chi connectivity index (χ2n) is 4.40. The molecule has 1 unspecified atom stereocenters.